The first-order valence-corrected chi connectivity index (χ1v) is 7.74. The molecular formula is C17H14O8. The van der Waals surface area contributed by atoms with Crippen LogP contribution < -0.4 is 14.2 Å². The number of carbonyl (C=O) groups is 3. The predicted octanol–water partition coefficient (Wildman–Crippen LogP) is 1.57. The summed E-state index contributed by atoms with van der Waals surface area (Å²) in [6.45, 7) is 0. The molecule has 0 radical (unpaired) electrons. The van der Waals surface area contributed by atoms with Crippen molar-refractivity contribution in [2.75, 3.05) is 7.11 Å². The first kappa shape index (κ1) is 15.5. The summed E-state index contributed by atoms with van der Waals surface area (Å²) in [6, 6.07) is 3.19. The average molecular weight is 346 g/mol. The monoisotopic (exact) mass is 346 g/mol. The number of rotatable bonds is 3. The minimum absolute atomic E-state index is 0.146. The Morgan fingerprint density at radius 2 is 2.04 bits per heavy atom. The molecule has 0 amide bonds. The number of hydrogen-bond donors (Lipinski definition) is 0. The highest BCUT2D eigenvalue weighted by Gasteiger charge is 2.46. The van der Waals surface area contributed by atoms with E-state index in [1.54, 1.807) is 12.1 Å². The Morgan fingerprint density at radius 3 is 2.76 bits per heavy atom. The van der Waals surface area contributed by atoms with Gasteiger partial charge in [-0.15, -0.1) is 0 Å². The van der Waals surface area contributed by atoms with E-state index in [0.29, 0.717) is 23.5 Å². The van der Waals surface area contributed by atoms with Crippen LogP contribution in [0.25, 0.3) is 0 Å². The summed E-state index contributed by atoms with van der Waals surface area (Å²) in [4.78, 5) is 34.7. The summed E-state index contributed by atoms with van der Waals surface area (Å²) < 4.78 is 26.2. The van der Waals surface area contributed by atoms with Gasteiger partial charge in [0.25, 0.3) is 6.29 Å². The molecule has 1 aromatic rings. The number of carbonyl (C=O) groups excluding carboxylic acids is 3. The van der Waals surface area contributed by atoms with Crippen LogP contribution in [0.15, 0.2) is 24.0 Å². The van der Waals surface area contributed by atoms with Gasteiger partial charge in [0.15, 0.2) is 0 Å². The highest BCUT2D eigenvalue weighted by atomic mass is 16.7. The van der Waals surface area contributed by atoms with E-state index in [-0.39, 0.29) is 42.2 Å². The number of fused-ring (bicyclic) bond motifs is 3. The molecule has 3 heterocycles. The summed E-state index contributed by atoms with van der Waals surface area (Å²) >= 11 is 0. The zero-order valence-electron chi connectivity index (χ0n) is 13.3. The van der Waals surface area contributed by atoms with Crippen LogP contribution in [0.1, 0.15) is 30.7 Å². The molecule has 3 aliphatic rings. The van der Waals surface area contributed by atoms with Crippen LogP contribution in [-0.2, 0) is 23.9 Å². The van der Waals surface area contributed by atoms with Crippen molar-refractivity contribution in [3.8, 4) is 17.2 Å². The molecule has 0 N–H and O–H groups in total. The number of hydrogen-bond acceptors (Lipinski definition) is 8. The van der Waals surface area contributed by atoms with Crippen LogP contribution in [0.5, 0.6) is 17.2 Å². The molecule has 0 aromatic heterocycles. The van der Waals surface area contributed by atoms with E-state index in [4.69, 9.17) is 23.7 Å². The van der Waals surface area contributed by atoms with E-state index in [1.165, 1.54) is 7.11 Å². The molecule has 1 aromatic carbocycles. The number of esters is 3. The maximum absolute atomic E-state index is 12.2. The Balaban J connectivity index is 1.63. The SMILES string of the molecule is COc1cc(OC(=O)/C=C2\CCC(=O)O2)c2c(c1)OC1OC(=O)CC21. The molecule has 2 atom stereocenters. The zero-order valence-corrected chi connectivity index (χ0v) is 13.3. The Bertz CT molecular complexity index is 809. The third kappa shape index (κ3) is 2.79. The van der Waals surface area contributed by atoms with E-state index in [9.17, 15) is 14.4 Å². The molecule has 0 spiro atoms. The van der Waals surface area contributed by atoms with E-state index < -0.39 is 12.3 Å². The first-order chi connectivity index (χ1) is 12.0. The van der Waals surface area contributed by atoms with E-state index in [2.05, 4.69) is 0 Å². The van der Waals surface area contributed by atoms with Gasteiger partial charge in [-0.25, -0.2) is 4.79 Å². The zero-order chi connectivity index (χ0) is 17.6. The quantitative estimate of drug-likeness (QED) is 0.462. The van der Waals surface area contributed by atoms with Gasteiger partial charge in [0.2, 0.25) is 0 Å². The average Bonchev–Trinajstić information content (AvgIpc) is 3.20. The molecule has 2 fully saturated rings. The number of benzene rings is 1. The van der Waals surface area contributed by atoms with Crippen molar-refractivity contribution in [2.45, 2.75) is 31.5 Å². The number of cyclic esters (lactones) is 1. The van der Waals surface area contributed by atoms with Crippen molar-refractivity contribution < 1.29 is 38.1 Å². The van der Waals surface area contributed by atoms with Crippen molar-refractivity contribution in [2.24, 2.45) is 0 Å². The lowest BCUT2D eigenvalue weighted by atomic mass is 9.97. The van der Waals surface area contributed by atoms with Gasteiger partial charge in [-0.05, 0) is 0 Å². The fraction of sp³-hybridized carbons (Fsp3) is 0.353. The maximum atomic E-state index is 12.2. The minimum Gasteiger partial charge on any atom is -0.496 e. The smallest absolute Gasteiger partial charge is 0.339 e. The third-order valence-corrected chi connectivity index (χ3v) is 4.20. The second-order valence-corrected chi connectivity index (χ2v) is 5.83. The Hall–Kier alpha value is -3.03. The summed E-state index contributed by atoms with van der Waals surface area (Å²) in [5.41, 5.74) is 0.590. The van der Waals surface area contributed by atoms with Crippen molar-refractivity contribution in [3.05, 3.63) is 29.5 Å². The fourth-order valence-electron chi connectivity index (χ4n) is 3.09. The lowest BCUT2D eigenvalue weighted by Gasteiger charge is -2.11. The number of ether oxygens (including phenoxy) is 5. The highest BCUT2D eigenvalue weighted by molar-refractivity contribution is 5.87. The summed E-state index contributed by atoms with van der Waals surface area (Å²) in [6.07, 6.45) is 1.17. The first-order valence-electron chi connectivity index (χ1n) is 7.74. The predicted molar refractivity (Wildman–Crippen MR) is 79.9 cm³/mol. The van der Waals surface area contributed by atoms with Gasteiger partial charge in [-0.1, -0.05) is 0 Å². The van der Waals surface area contributed by atoms with E-state index in [1.807, 2.05) is 0 Å². The molecule has 0 saturated carbocycles. The molecule has 25 heavy (non-hydrogen) atoms. The normalized spacial score (nSPS) is 25.1. The van der Waals surface area contributed by atoms with Gasteiger partial charge in [0, 0.05) is 24.1 Å². The molecule has 4 rings (SSSR count). The lowest BCUT2D eigenvalue weighted by Crippen LogP contribution is -2.15. The number of allylic oxidation sites excluding steroid dienone is 1. The van der Waals surface area contributed by atoms with Crippen LogP contribution >= 0.6 is 0 Å². The van der Waals surface area contributed by atoms with Crippen molar-refractivity contribution in [1.82, 2.24) is 0 Å². The van der Waals surface area contributed by atoms with Crippen LogP contribution in [-0.4, -0.2) is 31.3 Å². The van der Waals surface area contributed by atoms with Crippen LogP contribution in [0.2, 0.25) is 0 Å². The highest BCUT2D eigenvalue weighted by Crippen LogP contribution is 2.50. The molecule has 0 bridgehead atoms. The molecule has 0 aliphatic carbocycles. The largest absolute Gasteiger partial charge is 0.496 e. The van der Waals surface area contributed by atoms with Gasteiger partial charge in [0.05, 0.1) is 31.9 Å². The van der Waals surface area contributed by atoms with Gasteiger partial charge in [-0.2, -0.15) is 0 Å². The molecule has 3 aliphatic heterocycles. The van der Waals surface area contributed by atoms with Crippen LogP contribution in [0.4, 0.5) is 0 Å². The second kappa shape index (κ2) is 5.80. The lowest BCUT2D eigenvalue weighted by molar-refractivity contribution is -0.150. The van der Waals surface area contributed by atoms with Gasteiger partial charge < -0.3 is 23.7 Å². The number of methoxy groups -OCH3 is 1. The minimum atomic E-state index is -0.721. The molecule has 8 heteroatoms. The Kier molecular flexibility index (Phi) is 3.60. The van der Waals surface area contributed by atoms with Gasteiger partial charge >= 0.3 is 17.9 Å². The maximum Gasteiger partial charge on any atom is 0.339 e. The molecule has 2 unspecified atom stereocenters. The molecule has 8 nitrogen and oxygen atoms in total. The Labute approximate surface area is 142 Å². The van der Waals surface area contributed by atoms with Crippen LogP contribution in [0, 0.1) is 0 Å². The van der Waals surface area contributed by atoms with E-state index in [0.717, 1.165) is 6.08 Å². The van der Waals surface area contributed by atoms with Crippen molar-refractivity contribution in [1.29, 1.82) is 0 Å². The van der Waals surface area contributed by atoms with Gasteiger partial charge in [-0.3, -0.25) is 9.59 Å². The Morgan fingerprint density at radius 1 is 1.20 bits per heavy atom. The molecular weight excluding hydrogens is 332 g/mol. The third-order valence-electron chi connectivity index (χ3n) is 4.20. The van der Waals surface area contributed by atoms with Crippen molar-refractivity contribution in [3.63, 3.8) is 0 Å². The summed E-state index contributed by atoms with van der Waals surface area (Å²) in [5, 5.41) is 0. The van der Waals surface area contributed by atoms with Crippen LogP contribution in [0.3, 0.4) is 0 Å². The van der Waals surface area contributed by atoms with Gasteiger partial charge in [0.1, 0.15) is 23.0 Å². The fourth-order valence-corrected chi connectivity index (χ4v) is 3.09. The molecule has 2 saturated heterocycles. The van der Waals surface area contributed by atoms with E-state index >= 15 is 0 Å². The standard InChI is InChI=1S/C17H14O8/c1-21-9-4-11(23-14(19)6-8-2-3-13(18)22-8)16-10-7-15(20)25-17(10)24-12(16)5-9/h4-6,10,17H,2-3,7H2,1H3/b8-6+. The van der Waals surface area contributed by atoms with Crippen molar-refractivity contribution >= 4 is 17.9 Å². The summed E-state index contributed by atoms with van der Waals surface area (Å²) in [7, 11) is 1.48. The topological polar surface area (TPSA) is 97.4 Å². The summed E-state index contributed by atoms with van der Waals surface area (Å²) in [5.74, 6) is -0.387. The second-order valence-electron chi connectivity index (χ2n) is 5.83. The molecule has 130 valence electrons.